The molecule has 2 aromatic carbocycles. The highest BCUT2D eigenvalue weighted by molar-refractivity contribution is 7.16. The van der Waals surface area contributed by atoms with Crippen LogP contribution in [0.4, 0.5) is 5.13 Å². The summed E-state index contributed by atoms with van der Waals surface area (Å²) in [6.45, 7) is 1.96. The van der Waals surface area contributed by atoms with Gasteiger partial charge in [0.2, 0.25) is 0 Å². The lowest BCUT2D eigenvalue weighted by Gasteiger charge is -2.08. The van der Waals surface area contributed by atoms with Crippen molar-refractivity contribution in [3.8, 4) is 34.1 Å². The Bertz CT molecular complexity index is 1210. The zero-order chi connectivity index (χ0) is 21.8. The summed E-state index contributed by atoms with van der Waals surface area (Å²) in [5.74, 6) is 1.52. The number of rotatable bonds is 6. The Hall–Kier alpha value is -3.78. The van der Waals surface area contributed by atoms with Gasteiger partial charge < -0.3 is 9.47 Å². The Morgan fingerprint density at radius 1 is 0.935 bits per heavy atom. The highest BCUT2D eigenvalue weighted by atomic mass is 32.1. The van der Waals surface area contributed by atoms with E-state index in [0.717, 1.165) is 21.7 Å². The SMILES string of the molecule is COc1ccc(-c2nc(NC(=O)c3cnc(-c4ccccc4)nc3)sc2C)cc1OC. The highest BCUT2D eigenvalue weighted by Crippen LogP contribution is 2.36. The van der Waals surface area contributed by atoms with Crippen LogP contribution in [0.25, 0.3) is 22.6 Å². The number of carbonyl (C=O) groups excluding carboxylic acids is 1. The molecule has 4 rings (SSSR count). The van der Waals surface area contributed by atoms with E-state index in [9.17, 15) is 4.79 Å². The molecular formula is C23H20N4O3S. The van der Waals surface area contributed by atoms with E-state index in [1.54, 1.807) is 14.2 Å². The van der Waals surface area contributed by atoms with Crippen molar-refractivity contribution < 1.29 is 14.3 Å². The van der Waals surface area contributed by atoms with Crippen LogP contribution in [0, 0.1) is 6.92 Å². The third-order valence-electron chi connectivity index (χ3n) is 4.62. The second-order valence-corrected chi connectivity index (χ2v) is 7.81. The average Bonchev–Trinajstić information content (AvgIpc) is 3.19. The molecule has 8 heteroatoms. The van der Waals surface area contributed by atoms with Crippen LogP contribution in [-0.4, -0.2) is 35.1 Å². The normalized spacial score (nSPS) is 10.5. The Kier molecular flexibility index (Phi) is 5.90. The third kappa shape index (κ3) is 4.39. The number of hydrogen-bond acceptors (Lipinski definition) is 7. The van der Waals surface area contributed by atoms with Crippen molar-refractivity contribution >= 4 is 22.4 Å². The first-order valence-corrected chi connectivity index (χ1v) is 10.3. The monoisotopic (exact) mass is 432 g/mol. The molecule has 0 aliphatic heterocycles. The number of amides is 1. The van der Waals surface area contributed by atoms with Crippen LogP contribution in [0.2, 0.25) is 0 Å². The molecular weight excluding hydrogens is 412 g/mol. The van der Waals surface area contributed by atoms with E-state index >= 15 is 0 Å². The van der Waals surface area contributed by atoms with Gasteiger partial charge in [-0.2, -0.15) is 0 Å². The Labute approximate surface area is 183 Å². The van der Waals surface area contributed by atoms with Crippen LogP contribution < -0.4 is 14.8 Å². The van der Waals surface area contributed by atoms with Crippen LogP contribution in [0.1, 0.15) is 15.2 Å². The van der Waals surface area contributed by atoms with E-state index in [1.807, 2.05) is 55.5 Å². The molecule has 0 saturated carbocycles. The maximum absolute atomic E-state index is 12.6. The smallest absolute Gasteiger partial charge is 0.260 e. The standard InChI is InChI=1S/C23H20N4O3S/c1-14-20(16-9-10-18(29-2)19(11-16)30-3)26-23(31-14)27-22(28)17-12-24-21(25-13-17)15-7-5-4-6-8-15/h4-13H,1-3H3,(H,26,27,28). The number of nitrogens with zero attached hydrogens (tertiary/aromatic N) is 3. The molecule has 0 saturated heterocycles. The molecule has 0 aliphatic carbocycles. The lowest BCUT2D eigenvalue weighted by Crippen LogP contribution is -2.12. The fourth-order valence-electron chi connectivity index (χ4n) is 3.05. The van der Waals surface area contributed by atoms with Gasteiger partial charge in [-0.1, -0.05) is 30.3 Å². The van der Waals surface area contributed by atoms with Gasteiger partial charge in [-0.15, -0.1) is 11.3 Å². The van der Waals surface area contributed by atoms with Gasteiger partial charge in [0.05, 0.1) is 25.5 Å². The van der Waals surface area contributed by atoms with Crippen molar-refractivity contribution in [3.05, 3.63) is 71.4 Å². The zero-order valence-electron chi connectivity index (χ0n) is 17.2. The minimum Gasteiger partial charge on any atom is -0.493 e. The zero-order valence-corrected chi connectivity index (χ0v) is 18.1. The number of benzene rings is 2. The largest absolute Gasteiger partial charge is 0.493 e. The Morgan fingerprint density at radius 3 is 2.32 bits per heavy atom. The maximum atomic E-state index is 12.6. The number of methoxy groups -OCH3 is 2. The predicted octanol–water partition coefficient (Wildman–Crippen LogP) is 4.85. The number of hydrogen-bond donors (Lipinski definition) is 1. The van der Waals surface area contributed by atoms with E-state index in [4.69, 9.17) is 9.47 Å². The summed E-state index contributed by atoms with van der Waals surface area (Å²) in [4.78, 5) is 26.8. The lowest BCUT2D eigenvalue weighted by atomic mass is 10.1. The number of aryl methyl sites for hydroxylation is 1. The molecule has 156 valence electrons. The summed E-state index contributed by atoms with van der Waals surface area (Å²) in [6, 6.07) is 15.2. The van der Waals surface area contributed by atoms with Crippen molar-refractivity contribution in [2.24, 2.45) is 0 Å². The first-order chi connectivity index (χ1) is 15.1. The molecule has 0 aliphatic rings. The molecule has 31 heavy (non-hydrogen) atoms. The Balaban J connectivity index is 1.52. The van der Waals surface area contributed by atoms with Crippen molar-refractivity contribution in [2.75, 3.05) is 19.5 Å². The van der Waals surface area contributed by atoms with Gasteiger partial charge in [-0.25, -0.2) is 15.0 Å². The summed E-state index contributed by atoms with van der Waals surface area (Å²) in [5.41, 5.74) is 2.91. The molecule has 4 aromatic rings. The topological polar surface area (TPSA) is 86.2 Å². The number of nitrogens with one attached hydrogen (secondary N) is 1. The van der Waals surface area contributed by atoms with Crippen molar-refractivity contribution in [2.45, 2.75) is 6.92 Å². The quantitative estimate of drug-likeness (QED) is 0.469. The van der Waals surface area contributed by atoms with E-state index in [0.29, 0.717) is 28.0 Å². The van der Waals surface area contributed by atoms with E-state index in [-0.39, 0.29) is 5.91 Å². The average molecular weight is 433 g/mol. The molecule has 1 N–H and O–H groups in total. The molecule has 0 unspecified atom stereocenters. The van der Waals surface area contributed by atoms with Crippen molar-refractivity contribution in [1.82, 2.24) is 15.0 Å². The fraction of sp³-hybridized carbons (Fsp3) is 0.130. The predicted molar refractivity (Wildman–Crippen MR) is 121 cm³/mol. The number of thiazole rings is 1. The van der Waals surface area contributed by atoms with Gasteiger partial charge in [0, 0.05) is 28.4 Å². The van der Waals surface area contributed by atoms with Crippen molar-refractivity contribution in [1.29, 1.82) is 0 Å². The van der Waals surface area contributed by atoms with Crippen molar-refractivity contribution in [3.63, 3.8) is 0 Å². The number of carbonyl (C=O) groups is 1. The Morgan fingerprint density at radius 2 is 1.65 bits per heavy atom. The van der Waals surface area contributed by atoms with Gasteiger partial charge in [-0.3, -0.25) is 10.1 Å². The maximum Gasteiger partial charge on any atom is 0.260 e. The van der Waals surface area contributed by atoms with Crippen LogP contribution in [-0.2, 0) is 0 Å². The summed E-state index contributed by atoms with van der Waals surface area (Å²) in [5, 5.41) is 3.33. The molecule has 0 radical (unpaired) electrons. The van der Waals surface area contributed by atoms with Crippen LogP contribution in [0.5, 0.6) is 11.5 Å². The van der Waals surface area contributed by atoms with E-state index in [1.165, 1.54) is 23.7 Å². The summed E-state index contributed by atoms with van der Waals surface area (Å²) in [6.07, 6.45) is 3.03. The van der Waals surface area contributed by atoms with E-state index in [2.05, 4.69) is 20.3 Å². The molecule has 1 amide bonds. The number of aromatic nitrogens is 3. The van der Waals surface area contributed by atoms with Gasteiger partial charge >= 0.3 is 0 Å². The van der Waals surface area contributed by atoms with Gasteiger partial charge in [0.1, 0.15) is 0 Å². The third-order valence-corrected chi connectivity index (χ3v) is 5.51. The lowest BCUT2D eigenvalue weighted by molar-refractivity contribution is 0.102. The summed E-state index contributed by atoms with van der Waals surface area (Å²) >= 11 is 1.40. The van der Waals surface area contributed by atoms with E-state index < -0.39 is 0 Å². The molecule has 0 bridgehead atoms. The second-order valence-electron chi connectivity index (χ2n) is 6.61. The second kappa shape index (κ2) is 8.93. The fourth-order valence-corrected chi connectivity index (χ4v) is 3.88. The molecule has 2 aromatic heterocycles. The van der Waals surface area contributed by atoms with Crippen LogP contribution >= 0.6 is 11.3 Å². The van der Waals surface area contributed by atoms with Gasteiger partial charge in [-0.05, 0) is 25.1 Å². The molecule has 0 fully saturated rings. The highest BCUT2D eigenvalue weighted by Gasteiger charge is 2.16. The summed E-state index contributed by atoms with van der Waals surface area (Å²) in [7, 11) is 3.18. The van der Waals surface area contributed by atoms with Gasteiger partial charge in [0.25, 0.3) is 5.91 Å². The minimum absolute atomic E-state index is 0.313. The molecule has 0 atom stereocenters. The first kappa shape index (κ1) is 20.5. The summed E-state index contributed by atoms with van der Waals surface area (Å²) < 4.78 is 10.7. The molecule has 7 nitrogen and oxygen atoms in total. The molecule has 0 spiro atoms. The number of ether oxygens (including phenoxy) is 2. The number of anilines is 1. The van der Waals surface area contributed by atoms with Crippen LogP contribution in [0.3, 0.4) is 0 Å². The first-order valence-electron chi connectivity index (χ1n) is 9.47. The van der Waals surface area contributed by atoms with Crippen LogP contribution in [0.15, 0.2) is 60.9 Å². The minimum atomic E-state index is -0.313. The molecule has 2 heterocycles. The van der Waals surface area contributed by atoms with Gasteiger partial charge in [0.15, 0.2) is 22.5 Å².